The van der Waals surface area contributed by atoms with Crippen molar-refractivity contribution in [2.45, 2.75) is 114 Å². The van der Waals surface area contributed by atoms with Crippen LogP contribution in [-0.2, 0) is 19.0 Å². The summed E-state index contributed by atoms with van der Waals surface area (Å²) in [4.78, 5) is 11.8. The molecule has 5 fully saturated rings. The van der Waals surface area contributed by atoms with Crippen molar-refractivity contribution in [1.82, 2.24) is 0 Å². The first-order chi connectivity index (χ1) is 18.0. The number of ether oxygens (including phenoxy) is 3. The van der Waals surface area contributed by atoms with Gasteiger partial charge in [0.05, 0.1) is 18.3 Å². The van der Waals surface area contributed by atoms with Crippen LogP contribution in [-0.4, -0.2) is 87.1 Å². The van der Waals surface area contributed by atoms with E-state index in [1.807, 2.05) is 0 Å². The van der Waals surface area contributed by atoms with E-state index in [0.29, 0.717) is 18.4 Å². The standard InChI is InChI=1S/C29H44O9/c1-27-8-5-17(37-26-25(34)24(33)23(32)21(13-30)38-26)12-16(27)3-4-20-19(27)6-9-28(2)18(7-10-29(20,28)35)15-11-22(31)36-14-15/h11,16-21,23-26,30,32-35H,3-10,12-14H2,1-2H3/t16-,17?,18-,19+,20-,21-,23-,24+,25-,26-,27+,28-,29+/m1/s1. The third-order valence-corrected chi connectivity index (χ3v) is 12.1. The third-order valence-electron chi connectivity index (χ3n) is 12.1. The molecule has 5 N–H and O–H groups in total. The molecule has 0 aromatic rings. The molecule has 0 radical (unpaired) electrons. The molecule has 6 rings (SSSR count). The van der Waals surface area contributed by atoms with Gasteiger partial charge in [-0.2, -0.15) is 0 Å². The second kappa shape index (κ2) is 9.50. The molecular weight excluding hydrogens is 492 g/mol. The fourth-order valence-electron chi connectivity index (χ4n) is 9.86. The molecule has 4 saturated carbocycles. The van der Waals surface area contributed by atoms with E-state index in [9.17, 15) is 30.3 Å². The van der Waals surface area contributed by atoms with E-state index in [-0.39, 0.29) is 34.7 Å². The summed E-state index contributed by atoms with van der Waals surface area (Å²) in [5.74, 6) is 0.994. The second-order valence-electron chi connectivity index (χ2n) is 13.5. The van der Waals surface area contributed by atoms with Gasteiger partial charge in [0.2, 0.25) is 0 Å². The van der Waals surface area contributed by atoms with Gasteiger partial charge in [-0.25, -0.2) is 4.79 Å². The largest absolute Gasteiger partial charge is 0.458 e. The highest BCUT2D eigenvalue weighted by atomic mass is 16.7. The van der Waals surface area contributed by atoms with Gasteiger partial charge in [0, 0.05) is 11.5 Å². The van der Waals surface area contributed by atoms with E-state index in [2.05, 4.69) is 13.8 Å². The van der Waals surface area contributed by atoms with Crippen LogP contribution in [0.15, 0.2) is 11.6 Å². The first kappa shape index (κ1) is 27.1. The van der Waals surface area contributed by atoms with Crippen molar-refractivity contribution in [3.8, 4) is 0 Å². The molecule has 2 aliphatic heterocycles. The summed E-state index contributed by atoms with van der Waals surface area (Å²) in [6.45, 7) is 4.52. The van der Waals surface area contributed by atoms with Crippen LogP contribution in [0.2, 0.25) is 0 Å². The molecule has 13 atom stereocenters. The van der Waals surface area contributed by atoms with Crippen molar-refractivity contribution in [2.75, 3.05) is 13.2 Å². The highest BCUT2D eigenvalue weighted by molar-refractivity contribution is 5.85. The van der Waals surface area contributed by atoms with Gasteiger partial charge < -0.3 is 39.7 Å². The number of rotatable bonds is 4. The number of aliphatic hydroxyl groups is 5. The van der Waals surface area contributed by atoms with Gasteiger partial charge in [-0.1, -0.05) is 13.8 Å². The molecule has 0 aromatic carbocycles. The molecule has 2 heterocycles. The highest BCUT2D eigenvalue weighted by Gasteiger charge is 2.67. The molecule has 6 aliphatic rings. The zero-order valence-corrected chi connectivity index (χ0v) is 22.5. The van der Waals surface area contributed by atoms with Crippen LogP contribution >= 0.6 is 0 Å². The molecule has 9 heteroatoms. The smallest absolute Gasteiger partial charge is 0.331 e. The van der Waals surface area contributed by atoms with E-state index in [1.54, 1.807) is 6.08 Å². The summed E-state index contributed by atoms with van der Waals surface area (Å²) < 4.78 is 17.0. The Kier molecular flexibility index (Phi) is 6.78. The summed E-state index contributed by atoms with van der Waals surface area (Å²) in [6.07, 6.45) is 3.41. The molecule has 9 nitrogen and oxygen atoms in total. The first-order valence-corrected chi connectivity index (χ1v) is 14.6. The Balaban J connectivity index is 1.15. The summed E-state index contributed by atoms with van der Waals surface area (Å²) in [5.41, 5.74) is 0.141. The van der Waals surface area contributed by atoms with E-state index in [1.165, 1.54) is 0 Å². The number of aliphatic hydroxyl groups excluding tert-OH is 4. The molecule has 0 spiro atoms. The predicted octanol–water partition coefficient (Wildman–Crippen LogP) is 1.43. The van der Waals surface area contributed by atoms with E-state index in [4.69, 9.17) is 14.2 Å². The van der Waals surface area contributed by atoms with Gasteiger partial charge in [0.25, 0.3) is 0 Å². The third kappa shape index (κ3) is 3.87. The lowest BCUT2D eigenvalue weighted by atomic mass is 9.43. The van der Waals surface area contributed by atoms with Crippen molar-refractivity contribution in [1.29, 1.82) is 0 Å². The Labute approximate surface area is 224 Å². The maximum Gasteiger partial charge on any atom is 0.331 e. The number of esters is 1. The van der Waals surface area contributed by atoms with Gasteiger partial charge in [0.1, 0.15) is 31.0 Å². The zero-order valence-electron chi connectivity index (χ0n) is 22.5. The SMILES string of the molecule is C[C@]12CCC(O[C@@H]3O[C@H](CO)[C@@H](O)[C@H](O)[C@H]3O)C[C@H]1CC[C@@H]1[C@@H]2CC[C@]2(C)[C@@H](C3=CC(=O)OC3)CC[C@]12O. The number of carbonyl (C=O) groups excluding carboxylic acids is 1. The molecule has 1 unspecified atom stereocenters. The van der Waals surface area contributed by atoms with Crippen molar-refractivity contribution in [3.05, 3.63) is 11.6 Å². The lowest BCUT2D eigenvalue weighted by Crippen LogP contribution is -2.63. The minimum atomic E-state index is -1.44. The summed E-state index contributed by atoms with van der Waals surface area (Å²) in [7, 11) is 0. The number of hydrogen-bond acceptors (Lipinski definition) is 9. The number of carbonyl (C=O) groups is 1. The lowest BCUT2D eigenvalue weighted by Gasteiger charge is -2.64. The topological polar surface area (TPSA) is 146 Å². The van der Waals surface area contributed by atoms with Crippen LogP contribution in [0.25, 0.3) is 0 Å². The van der Waals surface area contributed by atoms with Gasteiger partial charge in [-0.3, -0.25) is 0 Å². The Bertz CT molecular complexity index is 968. The Hall–Kier alpha value is -1.07. The van der Waals surface area contributed by atoms with Crippen LogP contribution in [0, 0.1) is 34.5 Å². The van der Waals surface area contributed by atoms with Gasteiger partial charge in [0.15, 0.2) is 6.29 Å². The fraction of sp³-hybridized carbons (Fsp3) is 0.897. The minimum Gasteiger partial charge on any atom is -0.458 e. The summed E-state index contributed by atoms with van der Waals surface area (Å²) in [6, 6.07) is 0. The molecule has 0 bridgehead atoms. The quantitative estimate of drug-likeness (QED) is 0.266. The minimum absolute atomic E-state index is 0.0823. The van der Waals surface area contributed by atoms with E-state index in [0.717, 1.165) is 63.4 Å². The molecular formula is C29H44O9. The average molecular weight is 537 g/mol. The Morgan fingerprint density at radius 1 is 0.974 bits per heavy atom. The second-order valence-corrected chi connectivity index (χ2v) is 13.5. The predicted molar refractivity (Wildman–Crippen MR) is 134 cm³/mol. The maximum atomic E-state index is 12.4. The van der Waals surface area contributed by atoms with Crippen LogP contribution in [0.1, 0.15) is 71.6 Å². The van der Waals surface area contributed by atoms with Gasteiger partial charge in [-0.15, -0.1) is 0 Å². The molecule has 38 heavy (non-hydrogen) atoms. The van der Waals surface area contributed by atoms with Crippen molar-refractivity contribution < 1.29 is 44.5 Å². The molecule has 0 amide bonds. The highest BCUT2D eigenvalue weighted by Crippen LogP contribution is 2.70. The van der Waals surface area contributed by atoms with Crippen LogP contribution in [0.5, 0.6) is 0 Å². The summed E-state index contributed by atoms with van der Waals surface area (Å²) >= 11 is 0. The maximum absolute atomic E-state index is 12.4. The molecule has 214 valence electrons. The van der Waals surface area contributed by atoms with Crippen LogP contribution in [0.3, 0.4) is 0 Å². The Morgan fingerprint density at radius 2 is 1.76 bits per heavy atom. The van der Waals surface area contributed by atoms with E-state index >= 15 is 0 Å². The van der Waals surface area contributed by atoms with Crippen LogP contribution < -0.4 is 0 Å². The Morgan fingerprint density at radius 3 is 2.47 bits per heavy atom. The fourth-order valence-corrected chi connectivity index (χ4v) is 9.86. The number of fused-ring (bicyclic) bond motifs is 5. The molecule has 4 aliphatic carbocycles. The van der Waals surface area contributed by atoms with Crippen molar-refractivity contribution in [2.24, 2.45) is 34.5 Å². The zero-order chi connectivity index (χ0) is 27.0. The monoisotopic (exact) mass is 536 g/mol. The van der Waals surface area contributed by atoms with Crippen molar-refractivity contribution in [3.63, 3.8) is 0 Å². The van der Waals surface area contributed by atoms with Crippen molar-refractivity contribution >= 4 is 5.97 Å². The number of cyclic esters (lactones) is 1. The normalized spacial score (nSPS) is 54.5. The average Bonchev–Trinajstić information content (AvgIpc) is 3.44. The van der Waals surface area contributed by atoms with Gasteiger partial charge >= 0.3 is 5.97 Å². The van der Waals surface area contributed by atoms with Crippen LogP contribution in [0.4, 0.5) is 0 Å². The summed E-state index contributed by atoms with van der Waals surface area (Å²) in [5, 5.41) is 52.6. The number of hydrogen-bond donors (Lipinski definition) is 5. The lowest BCUT2D eigenvalue weighted by molar-refractivity contribution is -0.317. The van der Waals surface area contributed by atoms with Gasteiger partial charge in [-0.05, 0) is 92.4 Å². The van der Waals surface area contributed by atoms with E-state index < -0.39 is 42.9 Å². The molecule has 1 saturated heterocycles. The first-order valence-electron chi connectivity index (χ1n) is 14.6. The molecule has 0 aromatic heterocycles.